The third-order valence-corrected chi connectivity index (χ3v) is 2.94. The average Bonchev–Trinajstić information content (AvgIpc) is 2.27. The number of anilines is 1. The van der Waals surface area contributed by atoms with Crippen LogP contribution in [0.3, 0.4) is 0 Å². The molecule has 1 N–H and O–H groups in total. The van der Waals surface area contributed by atoms with Gasteiger partial charge >= 0.3 is 6.09 Å². The lowest BCUT2D eigenvalue weighted by Crippen LogP contribution is -2.27. The molecule has 0 spiro atoms. The van der Waals surface area contributed by atoms with E-state index in [4.69, 9.17) is 4.74 Å². The summed E-state index contributed by atoms with van der Waals surface area (Å²) in [5.41, 5.74) is 0.276. The van der Waals surface area contributed by atoms with E-state index >= 15 is 0 Å². The number of hydrogen-bond acceptors (Lipinski definition) is 3. The van der Waals surface area contributed by atoms with Gasteiger partial charge in [0.1, 0.15) is 11.4 Å². The maximum absolute atomic E-state index is 11.7. The Morgan fingerprint density at radius 2 is 2.00 bits per heavy atom. The maximum Gasteiger partial charge on any atom is 0.413 e. The Bertz CT molecular complexity index is 620. The molecular weight excluding hydrogens is 308 g/mol. The van der Waals surface area contributed by atoms with E-state index in [0.29, 0.717) is 5.82 Å². The van der Waals surface area contributed by atoms with Crippen LogP contribution in [-0.2, 0) is 4.74 Å². The first-order valence-electron chi connectivity index (χ1n) is 5.90. The number of rotatable bonds is 1. The Hall–Kier alpha value is -1.62. The Morgan fingerprint density at radius 3 is 2.68 bits per heavy atom. The molecule has 0 aliphatic rings. The van der Waals surface area contributed by atoms with Gasteiger partial charge in [0, 0.05) is 9.86 Å². The summed E-state index contributed by atoms with van der Waals surface area (Å²) in [6.45, 7) is 5.45. The number of benzene rings is 1. The van der Waals surface area contributed by atoms with Crippen molar-refractivity contribution in [3.8, 4) is 0 Å². The molecule has 2 rings (SSSR count). The zero-order valence-electron chi connectivity index (χ0n) is 11.0. The van der Waals surface area contributed by atoms with Crippen LogP contribution in [0.25, 0.3) is 10.9 Å². The summed E-state index contributed by atoms with van der Waals surface area (Å²) in [4.78, 5) is 16.0. The third-order valence-electron chi connectivity index (χ3n) is 2.30. The minimum Gasteiger partial charge on any atom is -0.444 e. The first kappa shape index (κ1) is 13.8. The highest BCUT2D eigenvalue weighted by atomic mass is 79.9. The Balaban J connectivity index is 2.22. The number of pyridine rings is 1. The predicted octanol–water partition coefficient (Wildman–Crippen LogP) is 4.34. The van der Waals surface area contributed by atoms with E-state index in [1.54, 1.807) is 6.07 Å². The molecule has 19 heavy (non-hydrogen) atoms. The van der Waals surface area contributed by atoms with E-state index in [1.807, 2.05) is 45.0 Å². The van der Waals surface area contributed by atoms with Crippen molar-refractivity contribution in [1.29, 1.82) is 0 Å². The van der Waals surface area contributed by atoms with Crippen molar-refractivity contribution in [3.63, 3.8) is 0 Å². The largest absolute Gasteiger partial charge is 0.444 e. The van der Waals surface area contributed by atoms with E-state index in [2.05, 4.69) is 26.2 Å². The van der Waals surface area contributed by atoms with Gasteiger partial charge in [0.25, 0.3) is 0 Å². The highest BCUT2D eigenvalue weighted by Gasteiger charge is 2.16. The van der Waals surface area contributed by atoms with Gasteiger partial charge in [-0.2, -0.15) is 0 Å². The molecule has 1 amide bonds. The van der Waals surface area contributed by atoms with Crippen molar-refractivity contribution < 1.29 is 9.53 Å². The number of aromatic nitrogens is 1. The summed E-state index contributed by atoms with van der Waals surface area (Å²) < 4.78 is 6.07. The van der Waals surface area contributed by atoms with Crippen LogP contribution in [0.1, 0.15) is 20.8 Å². The molecule has 0 saturated heterocycles. The normalized spacial score (nSPS) is 11.4. The van der Waals surface area contributed by atoms with Crippen LogP contribution in [0.2, 0.25) is 0 Å². The van der Waals surface area contributed by atoms with Crippen LogP contribution in [0.4, 0.5) is 10.6 Å². The van der Waals surface area contributed by atoms with Gasteiger partial charge < -0.3 is 4.74 Å². The van der Waals surface area contributed by atoms with E-state index in [1.165, 1.54) is 0 Å². The predicted molar refractivity (Wildman–Crippen MR) is 79.3 cm³/mol. The van der Waals surface area contributed by atoms with Crippen molar-refractivity contribution in [2.45, 2.75) is 26.4 Å². The summed E-state index contributed by atoms with van der Waals surface area (Å²) in [6, 6.07) is 9.46. The number of halogens is 1. The second-order valence-corrected chi connectivity index (χ2v) is 5.99. The van der Waals surface area contributed by atoms with Gasteiger partial charge in [0.2, 0.25) is 0 Å². The lowest BCUT2D eigenvalue weighted by atomic mass is 10.2. The third kappa shape index (κ3) is 3.67. The number of carbonyl (C=O) groups excluding carboxylic acids is 1. The van der Waals surface area contributed by atoms with E-state index in [0.717, 1.165) is 15.4 Å². The van der Waals surface area contributed by atoms with Crippen LogP contribution in [0.5, 0.6) is 0 Å². The minimum absolute atomic E-state index is 0.466. The van der Waals surface area contributed by atoms with Gasteiger partial charge in [-0.1, -0.05) is 12.1 Å². The topological polar surface area (TPSA) is 51.2 Å². The smallest absolute Gasteiger partial charge is 0.413 e. The van der Waals surface area contributed by atoms with Crippen LogP contribution in [0.15, 0.2) is 34.8 Å². The summed E-state index contributed by atoms with van der Waals surface area (Å²) in [5, 5.41) is 3.63. The lowest BCUT2D eigenvalue weighted by molar-refractivity contribution is 0.0635. The number of nitrogens with zero attached hydrogens (tertiary/aromatic N) is 1. The van der Waals surface area contributed by atoms with Crippen LogP contribution in [-0.4, -0.2) is 16.7 Å². The molecule has 2 aromatic rings. The average molecular weight is 323 g/mol. The summed E-state index contributed by atoms with van der Waals surface area (Å²) >= 11 is 3.44. The van der Waals surface area contributed by atoms with Crippen LogP contribution in [0, 0.1) is 0 Å². The Kier molecular flexibility index (Phi) is 3.75. The molecule has 1 aromatic heterocycles. The molecule has 0 bridgehead atoms. The van der Waals surface area contributed by atoms with Crippen LogP contribution >= 0.6 is 15.9 Å². The number of fused-ring (bicyclic) bond motifs is 1. The van der Waals surface area contributed by atoms with Gasteiger partial charge in [-0.25, -0.2) is 9.78 Å². The van der Waals surface area contributed by atoms with E-state index in [9.17, 15) is 4.79 Å². The number of para-hydroxylation sites is 1. The molecule has 0 unspecified atom stereocenters. The van der Waals surface area contributed by atoms with Gasteiger partial charge in [-0.3, -0.25) is 5.32 Å². The standard InChI is InChI=1S/C14H15BrN2O2/c1-14(2,3)19-13(18)17-11-8-7-9-5-4-6-10(15)12(9)16-11/h4-8H,1-3H3,(H,16,17,18). The van der Waals surface area contributed by atoms with Gasteiger partial charge in [0.15, 0.2) is 0 Å². The molecule has 100 valence electrons. The first-order valence-corrected chi connectivity index (χ1v) is 6.70. The first-order chi connectivity index (χ1) is 8.85. The van der Waals surface area contributed by atoms with Crippen molar-refractivity contribution in [2.75, 3.05) is 5.32 Å². The molecule has 0 atom stereocenters. The number of nitrogens with one attached hydrogen (secondary N) is 1. The highest BCUT2D eigenvalue weighted by Crippen LogP contribution is 2.23. The number of ether oxygens (including phenoxy) is 1. The fraction of sp³-hybridized carbons (Fsp3) is 0.286. The highest BCUT2D eigenvalue weighted by molar-refractivity contribution is 9.10. The minimum atomic E-state index is -0.526. The van der Waals surface area contributed by atoms with E-state index in [-0.39, 0.29) is 0 Å². The van der Waals surface area contributed by atoms with Crippen molar-refractivity contribution >= 4 is 38.7 Å². The number of hydrogen-bond donors (Lipinski definition) is 1. The Morgan fingerprint density at radius 1 is 1.26 bits per heavy atom. The molecule has 1 heterocycles. The molecule has 1 aromatic carbocycles. The molecular formula is C14H15BrN2O2. The monoisotopic (exact) mass is 322 g/mol. The lowest BCUT2D eigenvalue weighted by Gasteiger charge is -2.19. The van der Waals surface area contributed by atoms with Crippen molar-refractivity contribution in [1.82, 2.24) is 4.98 Å². The SMILES string of the molecule is CC(C)(C)OC(=O)Nc1ccc2cccc(Br)c2n1. The second-order valence-electron chi connectivity index (χ2n) is 5.13. The second kappa shape index (κ2) is 5.17. The summed E-state index contributed by atoms with van der Waals surface area (Å²) in [5.74, 6) is 0.466. The summed E-state index contributed by atoms with van der Waals surface area (Å²) in [6.07, 6.45) is -0.508. The molecule has 0 saturated carbocycles. The molecule has 0 fully saturated rings. The maximum atomic E-state index is 11.7. The fourth-order valence-corrected chi connectivity index (χ4v) is 2.06. The Labute approximate surface area is 120 Å². The molecule has 0 aliphatic heterocycles. The fourth-order valence-electron chi connectivity index (χ4n) is 1.59. The van der Waals surface area contributed by atoms with Gasteiger partial charge in [-0.05, 0) is 54.9 Å². The number of amides is 1. The van der Waals surface area contributed by atoms with Gasteiger partial charge in [-0.15, -0.1) is 0 Å². The molecule has 0 radical (unpaired) electrons. The molecule has 4 nitrogen and oxygen atoms in total. The zero-order valence-corrected chi connectivity index (χ0v) is 12.6. The van der Waals surface area contributed by atoms with Gasteiger partial charge in [0.05, 0.1) is 5.52 Å². The molecule has 5 heteroatoms. The quantitative estimate of drug-likeness (QED) is 0.849. The zero-order chi connectivity index (χ0) is 14.0. The number of carbonyl (C=O) groups is 1. The summed E-state index contributed by atoms with van der Waals surface area (Å²) in [7, 11) is 0. The van der Waals surface area contributed by atoms with Crippen molar-refractivity contribution in [2.24, 2.45) is 0 Å². The molecule has 0 aliphatic carbocycles. The van der Waals surface area contributed by atoms with E-state index < -0.39 is 11.7 Å². The van der Waals surface area contributed by atoms with Crippen molar-refractivity contribution in [3.05, 3.63) is 34.8 Å². The van der Waals surface area contributed by atoms with Crippen LogP contribution < -0.4 is 5.32 Å².